The number of rotatable bonds is 8. The van der Waals surface area contributed by atoms with Gasteiger partial charge in [-0.2, -0.15) is 4.31 Å². The third-order valence-electron chi connectivity index (χ3n) is 5.28. The van der Waals surface area contributed by atoms with Gasteiger partial charge < -0.3 is 14.2 Å². The molecule has 1 fully saturated rings. The molecule has 0 atom stereocenters. The molecule has 2 aromatic rings. The summed E-state index contributed by atoms with van der Waals surface area (Å²) >= 11 is 1.34. The Morgan fingerprint density at radius 1 is 1.09 bits per heavy atom. The number of hydrogen-bond donors (Lipinski definition) is 0. The van der Waals surface area contributed by atoms with Crippen LogP contribution in [0.25, 0.3) is 11.4 Å². The van der Waals surface area contributed by atoms with E-state index >= 15 is 0 Å². The number of ether oxygens (including phenoxy) is 1. The maximum atomic E-state index is 12.8. The van der Waals surface area contributed by atoms with Crippen molar-refractivity contribution in [3.63, 3.8) is 0 Å². The van der Waals surface area contributed by atoms with Gasteiger partial charge in [0.25, 0.3) is 0 Å². The minimum atomic E-state index is -3.54. The summed E-state index contributed by atoms with van der Waals surface area (Å²) in [6, 6.07) is 6.91. The number of nitrogens with zero attached hydrogens (tertiary/aromatic N) is 5. The summed E-state index contributed by atoms with van der Waals surface area (Å²) in [4.78, 5) is 14.7. The van der Waals surface area contributed by atoms with Crippen LogP contribution < -0.4 is 0 Å². The van der Waals surface area contributed by atoms with Crippen molar-refractivity contribution in [2.24, 2.45) is 7.05 Å². The van der Waals surface area contributed by atoms with E-state index in [-0.39, 0.29) is 28.6 Å². The quantitative estimate of drug-likeness (QED) is 0.533. The van der Waals surface area contributed by atoms with Crippen molar-refractivity contribution in [3.8, 4) is 11.4 Å². The van der Waals surface area contributed by atoms with Crippen LogP contribution in [-0.4, -0.2) is 82.4 Å². The number of amides is 1. The Morgan fingerprint density at radius 3 is 2.25 bits per heavy atom. The summed E-state index contributed by atoms with van der Waals surface area (Å²) in [6.07, 6.45) is 0. The van der Waals surface area contributed by atoms with E-state index < -0.39 is 10.0 Å². The van der Waals surface area contributed by atoms with Crippen LogP contribution >= 0.6 is 11.8 Å². The number of sulfonamides is 1. The lowest BCUT2D eigenvalue weighted by Crippen LogP contribution is -2.43. The molecule has 2 heterocycles. The zero-order valence-corrected chi connectivity index (χ0v) is 20.8. The molecule has 1 aliphatic heterocycles. The van der Waals surface area contributed by atoms with Crippen LogP contribution in [-0.2, 0) is 26.6 Å². The second-order valence-electron chi connectivity index (χ2n) is 8.18. The Labute approximate surface area is 194 Å². The fraction of sp³-hybridized carbons (Fsp3) is 0.571. The molecule has 0 spiro atoms. The second kappa shape index (κ2) is 10.3. The number of carbonyl (C=O) groups excluding carboxylic acids is 1. The van der Waals surface area contributed by atoms with Gasteiger partial charge in [-0.3, -0.25) is 4.79 Å². The molecule has 1 aromatic carbocycles. The minimum Gasteiger partial charge on any atom is -0.379 e. The van der Waals surface area contributed by atoms with E-state index in [0.29, 0.717) is 37.3 Å². The largest absolute Gasteiger partial charge is 0.379 e. The van der Waals surface area contributed by atoms with Gasteiger partial charge in [-0.15, -0.1) is 10.2 Å². The van der Waals surface area contributed by atoms with Gasteiger partial charge in [-0.1, -0.05) is 11.8 Å². The number of carbonyl (C=O) groups is 1. The third-order valence-corrected chi connectivity index (χ3v) is 8.20. The second-order valence-corrected chi connectivity index (χ2v) is 11.1. The lowest BCUT2D eigenvalue weighted by Gasteiger charge is -2.30. The highest BCUT2D eigenvalue weighted by Crippen LogP contribution is 2.25. The van der Waals surface area contributed by atoms with Crippen molar-refractivity contribution in [1.82, 2.24) is 24.0 Å². The van der Waals surface area contributed by atoms with E-state index in [9.17, 15) is 13.2 Å². The first-order chi connectivity index (χ1) is 15.1. The van der Waals surface area contributed by atoms with E-state index in [1.165, 1.54) is 16.1 Å². The molecule has 1 aromatic heterocycles. The molecule has 0 bridgehead atoms. The van der Waals surface area contributed by atoms with Gasteiger partial charge in [-0.05, 0) is 52.0 Å². The number of hydrogen-bond acceptors (Lipinski definition) is 7. The number of benzene rings is 1. The predicted molar refractivity (Wildman–Crippen MR) is 124 cm³/mol. The smallest absolute Gasteiger partial charge is 0.243 e. The topological polar surface area (TPSA) is 97.6 Å². The fourth-order valence-corrected chi connectivity index (χ4v) is 5.97. The van der Waals surface area contributed by atoms with E-state index in [1.807, 2.05) is 44.2 Å². The van der Waals surface area contributed by atoms with Crippen molar-refractivity contribution < 1.29 is 17.9 Å². The van der Waals surface area contributed by atoms with Crippen LogP contribution in [0.3, 0.4) is 0 Å². The van der Waals surface area contributed by atoms with Crippen molar-refractivity contribution in [1.29, 1.82) is 0 Å². The first kappa shape index (κ1) is 24.7. The molecule has 1 saturated heterocycles. The number of aromatic nitrogens is 3. The molecule has 0 radical (unpaired) electrons. The van der Waals surface area contributed by atoms with Crippen LogP contribution in [0.4, 0.5) is 0 Å². The summed E-state index contributed by atoms with van der Waals surface area (Å²) < 4.78 is 34.1. The summed E-state index contributed by atoms with van der Waals surface area (Å²) in [5.41, 5.74) is 0.755. The SMILES string of the molecule is CC(C)N(C(=O)CSc1nnc(-c2ccc(S(=O)(=O)N3CCOCC3)cc2)n1C)C(C)C. The highest BCUT2D eigenvalue weighted by atomic mass is 32.2. The molecule has 0 aliphatic carbocycles. The Morgan fingerprint density at radius 2 is 1.69 bits per heavy atom. The molecule has 0 saturated carbocycles. The number of thioether (sulfide) groups is 1. The van der Waals surface area contributed by atoms with Gasteiger partial charge in [0, 0.05) is 37.8 Å². The Balaban J connectivity index is 1.71. The summed E-state index contributed by atoms with van der Waals surface area (Å²) in [5, 5.41) is 9.10. The Hall–Kier alpha value is -1.95. The molecule has 1 aliphatic rings. The highest BCUT2D eigenvalue weighted by Gasteiger charge is 2.26. The van der Waals surface area contributed by atoms with Crippen LogP contribution in [0.5, 0.6) is 0 Å². The normalized spacial score (nSPS) is 15.5. The van der Waals surface area contributed by atoms with Crippen molar-refractivity contribution in [3.05, 3.63) is 24.3 Å². The highest BCUT2D eigenvalue weighted by molar-refractivity contribution is 7.99. The van der Waals surface area contributed by atoms with Crippen molar-refractivity contribution >= 4 is 27.7 Å². The van der Waals surface area contributed by atoms with E-state index in [4.69, 9.17) is 4.74 Å². The van der Waals surface area contributed by atoms with Gasteiger partial charge in [0.05, 0.1) is 23.9 Å². The van der Waals surface area contributed by atoms with Crippen LogP contribution in [0.1, 0.15) is 27.7 Å². The van der Waals surface area contributed by atoms with Gasteiger partial charge >= 0.3 is 0 Å². The zero-order valence-electron chi connectivity index (χ0n) is 19.2. The van der Waals surface area contributed by atoms with Crippen LogP contribution in [0.15, 0.2) is 34.3 Å². The Bertz CT molecular complexity index is 1020. The lowest BCUT2D eigenvalue weighted by molar-refractivity contribution is -0.131. The summed E-state index contributed by atoms with van der Waals surface area (Å²) in [5.74, 6) is 0.945. The van der Waals surface area contributed by atoms with Crippen LogP contribution in [0.2, 0.25) is 0 Å². The van der Waals surface area contributed by atoms with E-state index in [1.54, 1.807) is 24.3 Å². The molecular weight excluding hydrogens is 450 g/mol. The molecular formula is C21H31N5O4S2. The van der Waals surface area contributed by atoms with Gasteiger partial charge in [0.15, 0.2) is 11.0 Å². The molecule has 0 N–H and O–H groups in total. The zero-order chi connectivity index (χ0) is 23.5. The molecule has 32 heavy (non-hydrogen) atoms. The standard InChI is InChI=1S/C21H31N5O4S2/c1-15(2)26(16(3)4)19(27)14-31-21-23-22-20(24(21)5)17-6-8-18(9-7-17)32(28,29)25-10-12-30-13-11-25/h6-9,15-16H,10-14H2,1-5H3. The maximum Gasteiger partial charge on any atom is 0.243 e. The average molecular weight is 482 g/mol. The van der Waals surface area contributed by atoms with Crippen LogP contribution in [0, 0.1) is 0 Å². The Kier molecular flexibility index (Phi) is 7.97. The maximum absolute atomic E-state index is 12.8. The summed E-state index contributed by atoms with van der Waals surface area (Å²) in [6.45, 7) is 9.56. The fourth-order valence-electron chi connectivity index (χ4n) is 3.78. The third kappa shape index (κ3) is 5.33. The molecule has 176 valence electrons. The van der Waals surface area contributed by atoms with Gasteiger partial charge in [0.2, 0.25) is 15.9 Å². The molecule has 1 amide bonds. The minimum absolute atomic E-state index is 0.0576. The molecule has 0 unspecified atom stereocenters. The first-order valence-corrected chi connectivity index (χ1v) is 13.1. The monoisotopic (exact) mass is 481 g/mol. The summed E-state index contributed by atoms with van der Waals surface area (Å²) in [7, 11) is -1.71. The first-order valence-electron chi connectivity index (χ1n) is 10.6. The van der Waals surface area contributed by atoms with Crippen molar-refractivity contribution in [2.45, 2.75) is 49.8 Å². The van der Waals surface area contributed by atoms with Crippen molar-refractivity contribution in [2.75, 3.05) is 32.1 Å². The predicted octanol–water partition coefficient (Wildman–Crippen LogP) is 2.24. The molecule has 3 rings (SSSR count). The molecule has 9 nitrogen and oxygen atoms in total. The lowest BCUT2D eigenvalue weighted by atomic mass is 10.2. The van der Waals surface area contributed by atoms with E-state index in [2.05, 4.69) is 10.2 Å². The van der Waals surface area contributed by atoms with E-state index in [0.717, 1.165) is 5.56 Å². The van der Waals surface area contributed by atoms with Gasteiger partial charge in [0.1, 0.15) is 0 Å². The molecule has 11 heteroatoms. The average Bonchev–Trinajstić information content (AvgIpc) is 3.12. The number of morpholine rings is 1. The van der Waals surface area contributed by atoms with Gasteiger partial charge in [-0.25, -0.2) is 8.42 Å².